The summed E-state index contributed by atoms with van der Waals surface area (Å²) in [6.07, 6.45) is 0.275. The van der Waals surface area contributed by atoms with Crippen molar-refractivity contribution in [3.63, 3.8) is 0 Å². The number of carbonyl (C=O) groups is 2. The first-order valence-electron chi connectivity index (χ1n) is 5.87. The van der Waals surface area contributed by atoms with Gasteiger partial charge in [-0.2, -0.15) is 0 Å². The smallest absolute Gasteiger partial charge is 0.329 e. The number of carboxylic acid groups (broad SMARTS) is 1. The van der Waals surface area contributed by atoms with Crippen molar-refractivity contribution in [2.75, 3.05) is 5.32 Å². The van der Waals surface area contributed by atoms with E-state index in [0.717, 1.165) is 5.56 Å². The van der Waals surface area contributed by atoms with Crippen molar-refractivity contribution in [2.45, 2.75) is 32.7 Å². The highest BCUT2D eigenvalue weighted by Gasteiger charge is 2.32. The fraction of sp³-hybridized carbons (Fsp3) is 0.385. The molecule has 0 heterocycles. The van der Waals surface area contributed by atoms with Crippen LogP contribution in [0.3, 0.4) is 0 Å². The number of carboxylic acids is 1. The fourth-order valence-electron chi connectivity index (χ4n) is 1.42. The van der Waals surface area contributed by atoms with Crippen molar-refractivity contribution < 1.29 is 14.7 Å². The van der Waals surface area contributed by atoms with E-state index in [2.05, 4.69) is 10.6 Å². The third kappa shape index (κ3) is 3.86. The lowest BCUT2D eigenvalue weighted by molar-refractivity contribution is -0.143. The average molecular weight is 285 g/mol. The van der Waals surface area contributed by atoms with Crippen LogP contribution in [0.15, 0.2) is 18.2 Å². The highest BCUT2D eigenvalue weighted by molar-refractivity contribution is 6.33. The molecule has 6 heteroatoms. The molecule has 0 bridgehead atoms. The minimum atomic E-state index is -1.30. The van der Waals surface area contributed by atoms with Crippen LogP contribution in [0.25, 0.3) is 0 Å². The molecule has 104 valence electrons. The van der Waals surface area contributed by atoms with Crippen LogP contribution in [0.1, 0.15) is 25.8 Å². The molecule has 19 heavy (non-hydrogen) atoms. The maximum Gasteiger partial charge on any atom is 0.329 e. The summed E-state index contributed by atoms with van der Waals surface area (Å²) in [5.74, 6) is -1.08. The Kier molecular flexibility index (Phi) is 4.78. The van der Waals surface area contributed by atoms with Crippen molar-refractivity contribution in [2.24, 2.45) is 0 Å². The largest absolute Gasteiger partial charge is 0.480 e. The summed E-state index contributed by atoms with van der Waals surface area (Å²) in [5, 5.41) is 14.4. The van der Waals surface area contributed by atoms with E-state index in [1.807, 2.05) is 6.92 Å². The Bertz CT molecular complexity index is 505. The first-order valence-corrected chi connectivity index (χ1v) is 6.25. The number of rotatable bonds is 4. The first-order chi connectivity index (χ1) is 8.78. The summed E-state index contributed by atoms with van der Waals surface area (Å²) in [6, 6.07) is 4.59. The molecule has 0 spiro atoms. The van der Waals surface area contributed by atoms with Crippen LogP contribution in [-0.2, 0) is 4.79 Å². The molecular weight excluding hydrogens is 268 g/mol. The zero-order chi connectivity index (χ0) is 14.6. The van der Waals surface area contributed by atoms with Gasteiger partial charge in [0.05, 0.1) is 10.7 Å². The van der Waals surface area contributed by atoms with Crippen LogP contribution in [0.5, 0.6) is 0 Å². The fourth-order valence-corrected chi connectivity index (χ4v) is 1.70. The van der Waals surface area contributed by atoms with Gasteiger partial charge in [-0.05, 0) is 38.0 Å². The van der Waals surface area contributed by atoms with E-state index in [1.165, 1.54) is 6.92 Å². The second-order valence-corrected chi connectivity index (χ2v) is 4.96. The molecule has 0 aliphatic carbocycles. The number of amides is 2. The van der Waals surface area contributed by atoms with E-state index in [-0.39, 0.29) is 6.42 Å². The number of carbonyl (C=O) groups excluding carboxylic acids is 1. The predicted molar refractivity (Wildman–Crippen MR) is 74.7 cm³/mol. The first kappa shape index (κ1) is 15.3. The quantitative estimate of drug-likeness (QED) is 0.795. The zero-order valence-electron chi connectivity index (χ0n) is 11.1. The zero-order valence-corrected chi connectivity index (χ0v) is 11.8. The number of hydrogen-bond donors (Lipinski definition) is 3. The van der Waals surface area contributed by atoms with E-state index in [1.54, 1.807) is 25.1 Å². The van der Waals surface area contributed by atoms with Gasteiger partial charge >= 0.3 is 12.0 Å². The summed E-state index contributed by atoms with van der Waals surface area (Å²) in [5.41, 5.74) is 0.106. The third-order valence-electron chi connectivity index (χ3n) is 2.94. The number of halogens is 1. The molecule has 0 saturated heterocycles. The molecule has 0 radical (unpaired) electrons. The Morgan fingerprint density at radius 1 is 1.42 bits per heavy atom. The van der Waals surface area contributed by atoms with Crippen molar-refractivity contribution in [1.82, 2.24) is 5.32 Å². The summed E-state index contributed by atoms with van der Waals surface area (Å²) in [4.78, 5) is 22.9. The molecule has 0 fully saturated rings. The van der Waals surface area contributed by atoms with E-state index in [4.69, 9.17) is 16.7 Å². The molecule has 1 rings (SSSR count). The summed E-state index contributed by atoms with van der Waals surface area (Å²) in [6.45, 7) is 5.02. The van der Waals surface area contributed by atoms with Gasteiger partial charge in [-0.15, -0.1) is 0 Å². The van der Waals surface area contributed by atoms with Crippen molar-refractivity contribution in [3.8, 4) is 0 Å². The molecule has 3 N–H and O–H groups in total. The van der Waals surface area contributed by atoms with Gasteiger partial charge in [-0.3, -0.25) is 0 Å². The number of anilines is 1. The molecule has 0 aliphatic rings. The maximum absolute atomic E-state index is 11.8. The normalized spacial score (nSPS) is 13.5. The molecular formula is C13H17ClN2O3. The van der Waals surface area contributed by atoms with Gasteiger partial charge in [-0.1, -0.05) is 24.6 Å². The van der Waals surface area contributed by atoms with Crippen molar-refractivity contribution in [3.05, 3.63) is 28.8 Å². The monoisotopic (exact) mass is 284 g/mol. The van der Waals surface area contributed by atoms with Gasteiger partial charge in [0, 0.05) is 0 Å². The van der Waals surface area contributed by atoms with Crippen LogP contribution in [0.2, 0.25) is 5.02 Å². The van der Waals surface area contributed by atoms with Crippen molar-refractivity contribution >= 4 is 29.3 Å². The maximum atomic E-state index is 11.8. The van der Waals surface area contributed by atoms with Crippen LogP contribution in [0, 0.1) is 6.92 Å². The Balaban J connectivity index is 2.78. The number of aliphatic carboxylic acids is 1. The van der Waals surface area contributed by atoms with E-state index in [0.29, 0.717) is 10.7 Å². The molecule has 0 aromatic heterocycles. The van der Waals surface area contributed by atoms with Crippen LogP contribution in [-0.4, -0.2) is 22.6 Å². The molecule has 1 aromatic carbocycles. The second kappa shape index (κ2) is 5.93. The lowest BCUT2D eigenvalue weighted by atomic mass is 10.00. The van der Waals surface area contributed by atoms with Gasteiger partial charge in [-0.25, -0.2) is 9.59 Å². The molecule has 1 aromatic rings. The Hall–Kier alpha value is -1.75. The van der Waals surface area contributed by atoms with Gasteiger partial charge in [0.2, 0.25) is 0 Å². The van der Waals surface area contributed by atoms with E-state index >= 15 is 0 Å². The van der Waals surface area contributed by atoms with Gasteiger partial charge in [0.15, 0.2) is 0 Å². The highest BCUT2D eigenvalue weighted by Crippen LogP contribution is 2.22. The lowest BCUT2D eigenvalue weighted by Gasteiger charge is -2.24. The summed E-state index contributed by atoms with van der Waals surface area (Å²) >= 11 is 5.98. The average Bonchev–Trinajstić information content (AvgIpc) is 2.32. The standard InChI is InChI=1S/C13H17ClN2O3/c1-4-13(3,11(17)18)16-12(19)15-10-6-5-8(2)7-9(10)14/h5-7H,4H2,1-3H3,(H,17,18)(H2,15,16,19). The summed E-state index contributed by atoms with van der Waals surface area (Å²) in [7, 11) is 0. The SMILES string of the molecule is CCC(C)(NC(=O)Nc1ccc(C)cc1Cl)C(=O)O. The van der Waals surface area contributed by atoms with E-state index < -0.39 is 17.5 Å². The number of benzene rings is 1. The number of aryl methyl sites for hydroxylation is 1. The molecule has 1 atom stereocenters. The lowest BCUT2D eigenvalue weighted by Crippen LogP contribution is -2.53. The summed E-state index contributed by atoms with van der Waals surface area (Å²) < 4.78 is 0. The number of nitrogens with one attached hydrogen (secondary N) is 2. The predicted octanol–water partition coefficient (Wildman–Crippen LogP) is 3.02. The Labute approximate surface area is 117 Å². The number of hydrogen-bond acceptors (Lipinski definition) is 2. The minimum absolute atomic E-state index is 0.275. The Morgan fingerprint density at radius 3 is 2.53 bits per heavy atom. The highest BCUT2D eigenvalue weighted by atomic mass is 35.5. The van der Waals surface area contributed by atoms with Gasteiger partial charge in [0.1, 0.15) is 5.54 Å². The van der Waals surface area contributed by atoms with Crippen LogP contribution in [0.4, 0.5) is 10.5 Å². The molecule has 1 unspecified atom stereocenters. The van der Waals surface area contributed by atoms with E-state index in [9.17, 15) is 9.59 Å². The second-order valence-electron chi connectivity index (χ2n) is 4.55. The van der Waals surface area contributed by atoms with Crippen LogP contribution < -0.4 is 10.6 Å². The molecule has 2 amide bonds. The number of urea groups is 1. The topological polar surface area (TPSA) is 78.4 Å². The molecule has 5 nitrogen and oxygen atoms in total. The van der Waals surface area contributed by atoms with Crippen molar-refractivity contribution in [1.29, 1.82) is 0 Å². The van der Waals surface area contributed by atoms with Gasteiger partial charge in [0.25, 0.3) is 0 Å². The van der Waals surface area contributed by atoms with Crippen LogP contribution >= 0.6 is 11.6 Å². The molecule has 0 saturated carbocycles. The Morgan fingerprint density at radius 2 is 2.05 bits per heavy atom. The third-order valence-corrected chi connectivity index (χ3v) is 3.25. The molecule has 0 aliphatic heterocycles. The van der Waals surface area contributed by atoms with Gasteiger partial charge < -0.3 is 15.7 Å². The minimum Gasteiger partial charge on any atom is -0.480 e.